The fourth-order valence-corrected chi connectivity index (χ4v) is 3.27. The lowest BCUT2D eigenvalue weighted by Crippen LogP contribution is -2.58. The summed E-state index contributed by atoms with van der Waals surface area (Å²) in [6, 6.07) is -4.62. The van der Waals surface area contributed by atoms with E-state index < -0.39 is 66.2 Å². The highest BCUT2D eigenvalue weighted by atomic mass is 32.2. The second-order valence-electron chi connectivity index (χ2n) is 8.31. The summed E-state index contributed by atoms with van der Waals surface area (Å²) in [5.74, 6) is -4.59. The average Bonchev–Trinajstić information content (AvgIpc) is 2.67. The van der Waals surface area contributed by atoms with E-state index in [9.17, 15) is 29.1 Å². The smallest absolute Gasteiger partial charge is 0.326 e. The minimum Gasteiger partial charge on any atom is -0.481 e. The van der Waals surface area contributed by atoms with Crippen molar-refractivity contribution in [1.82, 2.24) is 16.0 Å². The van der Waals surface area contributed by atoms with Gasteiger partial charge in [-0.05, 0) is 36.7 Å². The van der Waals surface area contributed by atoms with Crippen LogP contribution in [0.4, 0.5) is 0 Å². The molecule has 0 aromatic heterocycles. The maximum absolute atomic E-state index is 12.8. The Morgan fingerprint density at radius 1 is 0.875 bits per heavy atom. The second-order valence-corrected chi connectivity index (χ2v) is 9.29. The van der Waals surface area contributed by atoms with Crippen LogP contribution in [-0.4, -0.2) is 76.0 Å². The van der Waals surface area contributed by atoms with Crippen LogP contribution in [0.15, 0.2) is 0 Å². The fourth-order valence-electron chi connectivity index (χ4n) is 2.78. The second kappa shape index (κ2) is 14.7. The van der Waals surface area contributed by atoms with Gasteiger partial charge in [-0.3, -0.25) is 19.2 Å². The minimum absolute atomic E-state index is 0.0409. The van der Waals surface area contributed by atoms with Gasteiger partial charge < -0.3 is 31.9 Å². The van der Waals surface area contributed by atoms with Crippen LogP contribution in [0.1, 0.15) is 47.0 Å². The van der Waals surface area contributed by atoms with Crippen LogP contribution in [0.5, 0.6) is 0 Å². The van der Waals surface area contributed by atoms with Crippen LogP contribution in [0.2, 0.25) is 0 Å². The molecular weight excluding hydrogens is 440 g/mol. The van der Waals surface area contributed by atoms with Crippen LogP contribution in [0.25, 0.3) is 0 Å². The van der Waals surface area contributed by atoms with Gasteiger partial charge in [-0.1, -0.05) is 27.7 Å². The van der Waals surface area contributed by atoms with Crippen molar-refractivity contribution in [3.63, 3.8) is 0 Å². The molecule has 0 spiro atoms. The number of carbonyl (C=O) groups is 5. The van der Waals surface area contributed by atoms with Gasteiger partial charge in [0.05, 0.1) is 12.5 Å². The summed E-state index contributed by atoms with van der Waals surface area (Å²) in [6.07, 6.45) is 1.67. The molecule has 32 heavy (non-hydrogen) atoms. The van der Waals surface area contributed by atoms with E-state index in [1.807, 2.05) is 20.1 Å². The number of amides is 3. The van der Waals surface area contributed by atoms with E-state index in [-0.39, 0.29) is 12.3 Å². The number of nitrogens with two attached hydrogens (primary N) is 1. The summed E-state index contributed by atoms with van der Waals surface area (Å²) in [7, 11) is 0. The molecule has 0 rings (SSSR count). The first-order valence-electron chi connectivity index (χ1n) is 10.4. The molecular formula is C20H36N4O7S. The molecule has 0 aliphatic rings. The van der Waals surface area contributed by atoms with E-state index in [2.05, 4.69) is 16.0 Å². The van der Waals surface area contributed by atoms with Crippen LogP contribution < -0.4 is 21.7 Å². The molecule has 0 heterocycles. The highest BCUT2D eigenvalue weighted by molar-refractivity contribution is 7.98. The van der Waals surface area contributed by atoms with E-state index in [0.717, 1.165) is 0 Å². The average molecular weight is 477 g/mol. The molecule has 12 heteroatoms. The quantitative estimate of drug-likeness (QED) is 0.186. The number of hydrogen-bond donors (Lipinski definition) is 6. The number of rotatable bonds is 15. The maximum Gasteiger partial charge on any atom is 0.326 e. The SMILES string of the molecule is CSCCC(N)C(=O)NC(CC(=O)O)C(=O)NC(CC(C)C)C(=O)NC(C(=O)O)C(C)C. The molecule has 3 amide bonds. The summed E-state index contributed by atoms with van der Waals surface area (Å²) in [4.78, 5) is 60.4. The predicted molar refractivity (Wildman–Crippen MR) is 121 cm³/mol. The summed E-state index contributed by atoms with van der Waals surface area (Å²) < 4.78 is 0. The molecule has 0 saturated carbocycles. The van der Waals surface area contributed by atoms with Crippen molar-refractivity contribution in [3.8, 4) is 0 Å². The number of carboxylic acids is 2. The summed E-state index contributed by atoms with van der Waals surface area (Å²) in [5, 5.41) is 25.7. The largest absolute Gasteiger partial charge is 0.481 e. The molecule has 0 radical (unpaired) electrons. The third kappa shape index (κ3) is 11.3. The molecule has 4 unspecified atom stereocenters. The summed E-state index contributed by atoms with van der Waals surface area (Å²) >= 11 is 1.49. The first-order valence-corrected chi connectivity index (χ1v) is 11.8. The zero-order valence-electron chi connectivity index (χ0n) is 19.2. The molecule has 0 saturated heterocycles. The van der Waals surface area contributed by atoms with Crippen LogP contribution in [0, 0.1) is 11.8 Å². The number of thioether (sulfide) groups is 1. The molecule has 0 aliphatic heterocycles. The first-order chi connectivity index (χ1) is 14.8. The van der Waals surface area contributed by atoms with Crippen molar-refractivity contribution in [1.29, 1.82) is 0 Å². The van der Waals surface area contributed by atoms with Gasteiger partial charge in [-0.2, -0.15) is 11.8 Å². The van der Waals surface area contributed by atoms with Crippen molar-refractivity contribution in [2.24, 2.45) is 17.6 Å². The molecule has 0 bridgehead atoms. The number of carbonyl (C=O) groups excluding carboxylic acids is 3. The zero-order chi connectivity index (χ0) is 25.0. The van der Waals surface area contributed by atoms with Crippen molar-refractivity contribution < 1.29 is 34.2 Å². The Hall–Kier alpha value is -2.34. The Labute approximate surface area is 192 Å². The minimum atomic E-state index is -1.44. The lowest BCUT2D eigenvalue weighted by Gasteiger charge is -2.26. The molecule has 4 atom stereocenters. The number of carboxylic acid groups (broad SMARTS) is 2. The topological polar surface area (TPSA) is 188 Å². The third-order valence-electron chi connectivity index (χ3n) is 4.55. The Morgan fingerprint density at radius 3 is 1.84 bits per heavy atom. The van der Waals surface area contributed by atoms with Crippen molar-refractivity contribution in [2.75, 3.05) is 12.0 Å². The van der Waals surface area contributed by atoms with Crippen molar-refractivity contribution in [3.05, 3.63) is 0 Å². The number of hydrogen-bond acceptors (Lipinski definition) is 7. The van der Waals surface area contributed by atoms with E-state index in [1.165, 1.54) is 11.8 Å². The van der Waals surface area contributed by atoms with E-state index in [1.54, 1.807) is 13.8 Å². The van der Waals surface area contributed by atoms with E-state index in [0.29, 0.717) is 12.2 Å². The van der Waals surface area contributed by atoms with Crippen LogP contribution in [-0.2, 0) is 24.0 Å². The van der Waals surface area contributed by atoms with Crippen molar-refractivity contribution in [2.45, 2.75) is 71.1 Å². The van der Waals surface area contributed by atoms with Crippen LogP contribution >= 0.6 is 11.8 Å². The molecule has 0 fully saturated rings. The Morgan fingerprint density at radius 2 is 1.41 bits per heavy atom. The fraction of sp³-hybridized carbons (Fsp3) is 0.750. The first kappa shape index (κ1) is 29.7. The van der Waals surface area contributed by atoms with Crippen LogP contribution in [0.3, 0.4) is 0 Å². The molecule has 11 nitrogen and oxygen atoms in total. The summed E-state index contributed by atoms with van der Waals surface area (Å²) in [5.41, 5.74) is 5.79. The molecule has 7 N–H and O–H groups in total. The van der Waals surface area contributed by atoms with Gasteiger partial charge in [-0.15, -0.1) is 0 Å². The highest BCUT2D eigenvalue weighted by Gasteiger charge is 2.32. The monoisotopic (exact) mass is 476 g/mol. The lowest BCUT2D eigenvalue weighted by molar-refractivity contribution is -0.144. The number of nitrogens with one attached hydrogen (secondary N) is 3. The Kier molecular flexibility index (Phi) is 13.6. The standard InChI is InChI=1S/C20H36N4O7S/c1-10(2)8-13(19(29)24-16(11(3)4)20(30)31)23-18(28)14(9-15(25)26)22-17(27)12(21)6-7-32-5/h10-14,16H,6-9,21H2,1-5H3,(H,22,27)(H,23,28)(H,24,29)(H,25,26)(H,30,31). The Bertz CT molecular complexity index is 672. The molecule has 0 aromatic carbocycles. The predicted octanol–water partition coefficient (Wildman–Crippen LogP) is -0.217. The van der Waals surface area contributed by atoms with Gasteiger partial charge in [0.15, 0.2) is 0 Å². The van der Waals surface area contributed by atoms with Crippen molar-refractivity contribution >= 4 is 41.4 Å². The zero-order valence-corrected chi connectivity index (χ0v) is 20.0. The highest BCUT2D eigenvalue weighted by Crippen LogP contribution is 2.09. The maximum atomic E-state index is 12.8. The van der Waals surface area contributed by atoms with Gasteiger partial charge >= 0.3 is 11.9 Å². The lowest BCUT2D eigenvalue weighted by atomic mass is 10.00. The van der Waals surface area contributed by atoms with E-state index >= 15 is 0 Å². The van der Waals surface area contributed by atoms with E-state index in [4.69, 9.17) is 10.8 Å². The van der Waals surface area contributed by atoms with Gasteiger partial charge in [0, 0.05) is 0 Å². The third-order valence-corrected chi connectivity index (χ3v) is 5.20. The molecule has 184 valence electrons. The molecule has 0 aromatic rings. The van der Waals surface area contributed by atoms with Gasteiger partial charge in [-0.25, -0.2) is 4.79 Å². The summed E-state index contributed by atoms with van der Waals surface area (Å²) in [6.45, 7) is 6.89. The normalized spacial score (nSPS) is 14.9. The van der Waals surface area contributed by atoms with Gasteiger partial charge in [0.2, 0.25) is 17.7 Å². The van der Waals surface area contributed by atoms with Gasteiger partial charge in [0.25, 0.3) is 0 Å². The van der Waals surface area contributed by atoms with Gasteiger partial charge in [0.1, 0.15) is 18.1 Å². The Balaban J connectivity index is 5.47. The number of aliphatic carboxylic acids is 2. The molecule has 0 aliphatic carbocycles.